The lowest BCUT2D eigenvalue weighted by atomic mass is 10.1. The Morgan fingerprint density at radius 3 is 2.30 bits per heavy atom. The summed E-state index contributed by atoms with van der Waals surface area (Å²) in [4.78, 5) is 25.4. The molecule has 0 aliphatic rings. The average molecular weight is 448 g/mol. The van der Waals surface area contributed by atoms with Crippen LogP contribution in [0, 0.1) is 5.92 Å². The minimum Gasteiger partial charge on any atom is -0.493 e. The SMILES string of the molecule is CC(C)COc1ccc(C(=O)N/C(=C\c2ccc(-n3cccc3)cc2)C(=O)NCCO)cc1. The van der Waals surface area contributed by atoms with E-state index in [1.165, 1.54) is 0 Å². The van der Waals surface area contributed by atoms with Gasteiger partial charge in [-0.3, -0.25) is 9.59 Å². The molecule has 3 N–H and O–H groups in total. The molecule has 3 rings (SSSR count). The van der Waals surface area contributed by atoms with Gasteiger partial charge in [0.15, 0.2) is 0 Å². The molecule has 2 aromatic carbocycles. The summed E-state index contributed by atoms with van der Waals surface area (Å²) in [7, 11) is 0. The molecule has 0 fully saturated rings. The average Bonchev–Trinajstić information content (AvgIpc) is 3.36. The quantitative estimate of drug-likeness (QED) is 0.416. The van der Waals surface area contributed by atoms with Crippen LogP contribution in [-0.2, 0) is 4.79 Å². The second kappa shape index (κ2) is 11.7. The van der Waals surface area contributed by atoms with Crippen LogP contribution in [0.25, 0.3) is 11.8 Å². The first-order valence-electron chi connectivity index (χ1n) is 10.8. The van der Waals surface area contributed by atoms with Crippen molar-refractivity contribution in [2.75, 3.05) is 19.8 Å². The first kappa shape index (κ1) is 23.8. The molecule has 0 aliphatic heterocycles. The topological polar surface area (TPSA) is 92.6 Å². The third-order valence-corrected chi connectivity index (χ3v) is 4.70. The minimum atomic E-state index is -0.483. The Morgan fingerprint density at radius 1 is 1.03 bits per heavy atom. The molecule has 0 radical (unpaired) electrons. The van der Waals surface area contributed by atoms with Crippen molar-refractivity contribution in [3.63, 3.8) is 0 Å². The highest BCUT2D eigenvalue weighted by molar-refractivity contribution is 6.05. The first-order valence-corrected chi connectivity index (χ1v) is 10.8. The van der Waals surface area contributed by atoms with Gasteiger partial charge in [0.2, 0.25) is 0 Å². The number of nitrogens with one attached hydrogen (secondary N) is 2. The molecule has 2 amide bonds. The predicted molar refractivity (Wildman–Crippen MR) is 128 cm³/mol. The van der Waals surface area contributed by atoms with Crippen LogP contribution in [-0.4, -0.2) is 41.2 Å². The van der Waals surface area contributed by atoms with Gasteiger partial charge < -0.3 is 25.0 Å². The second-order valence-corrected chi connectivity index (χ2v) is 7.90. The zero-order valence-electron chi connectivity index (χ0n) is 18.8. The molecule has 0 bridgehead atoms. The van der Waals surface area contributed by atoms with Crippen molar-refractivity contribution in [1.29, 1.82) is 0 Å². The fourth-order valence-corrected chi connectivity index (χ4v) is 3.00. The fraction of sp³-hybridized carbons (Fsp3) is 0.231. The molecule has 1 heterocycles. The van der Waals surface area contributed by atoms with Crippen molar-refractivity contribution < 1.29 is 19.4 Å². The Balaban J connectivity index is 1.76. The number of aromatic nitrogens is 1. The normalized spacial score (nSPS) is 11.3. The number of hydrogen-bond acceptors (Lipinski definition) is 4. The van der Waals surface area contributed by atoms with Crippen LogP contribution in [0.3, 0.4) is 0 Å². The van der Waals surface area contributed by atoms with Crippen LogP contribution in [0.2, 0.25) is 0 Å². The van der Waals surface area contributed by atoms with Gasteiger partial charge in [-0.25, -0.2) is 0 Å². The molecule has 0 atom stereocenters. The summed E-state index contributed by atoms with van der Waals surface area (Å²) in [6.45, 7) is 4.60. The number of amides is 2. The zero-order valence-corrected chi connectivity index (χ0v) is 18.8. The second-order valence-electron chi connectivity index (χ2n) is 7.90. The Morgan fingerprint density at radius 2 is 1.70 bits per heavy atom. The van der Waals surface area contributed by atoms with E-state index in [0.29, 0.717) is 23.8 Å². The smallest absolute Gasteiger partial charge is 0.267 e. The van der Waals surface area contributed by atoms with Crippen molar-refractivity contribution in [3.8, 4) is 11.4 Å². The maximum Gasteiger partial charge on any atom is 0.267 e. The molecule has 172 valence electrons. The van der Waals surface area contributed by atoms with Gasteiger partial charge in [-0.2, -0.15) is 0 Å². The standard InChI is InChI=1S/C26H29N3O4/c1-19(2)18-33-23-11-7-21(8-12-23)25(31)28-24(26(32)27-13-16-30)17-20-5-9-22(10-6-20)29-14-3-4-15-29/h3-12,14-15,17,19,30H,13,16,18H2,1-2H3,(H,27,32)(H,28,31)/b24-17-. The fourth-order valence-electron chi connectivity index (χ4n) is 3.00. The van der Waals surface area contributed by atoms with E-state index >= 15 is 0 Å². The Kier molecular flexibility index (Phi) is 8.43. The highest BCUT2D eigenvalue weighted by Gasteiger charge is 2.15. The van der Waals surface area contributed by atoms with E-state index in [2.05, 4.69) is 24.5 Å². The molecule has 1 aromatic heterocycles. The minimum absolute atomic E-state index is 0.0838. The number of nitrogens with zero attached hydrogens (tertiary/aromatic N) is 1. The van der Waals surface area contributed by atoms with Gasteiger partial charge in [0.05, 0.1) is 13.2 Å². The number of aliphatic hydroxyl groups is 1. The number of carbonyl (C=O) groups excluding carboxylic acids is 2. The lowest BCUT2D eigenvalue weighted by molar-refractivity contribution is -0.117. The predicted octanol–water partition coefficient (Wildman–Crippen LogP) is 3.39. The number of aliphatic hydroxyl groups excluding tert-OH is 1. The first-order chi connectivity index (χ1) is 16.0. The summed E-state index contributed by atoms with van der Waals surface area (Å²) in [5.74, 6) is 0.179. The summed E-state index contributed by atoms with van der Waals surface area (Å²) in [6.07, 6.45) is 5.49. The van der Waals surface area contributed by atoms with Gasteiger partial charge in [-0.1, -0.05) is 26.0 Å². The van der Waals surface area contributed by atoms with Gasteiger partial charge in [-0.05, 0) is 66.1 Å². The van der Waals surface area contributed by atoms with Gasteiger partial charge in [-0.15, -0.1) is 0 Å². The van der Waals surface area contributed by atoms with E-state index in [4.69, 9.17) is 9.84 Å². The molecular weight excluding hydrogens is 418 g/mol. The van der Waals surface area contributed by atoms with Crippen molar-refractivity contribution in [1.82, 2.24) is 15.2 Å². The molecule has 0 spiro atoms. The number of hydrogen-bond donors (Lipinski definition) is 3. The third kappa shape index (κ3) is 7.08. The maximum absolute atomic E-state index is 12.8. The summed E-state index contributed by atoms with van der Waals surface area (Å²) >= 11 is 0. The largest absolute Gasteiger partial charge is 0.493 e. The lowest BCUT2D eigenvalue weighted by Crippen LogP contribution is -2.36. The Labute approximate surface area is 193 Å². The van der Waals surface area contributed by atoms with Crippen LogP contribution < -0.4 is 15.4 Å². The lowest BCUT2D eigenvalue weighted by Gasteiger charge is -2.12. The van der Waals surface area contributed by atoms with Crippen LogP contribution in [0.5, 0.6) is 5.75 Å². The van der Waals surface area contributed by atoms with Crippen LogP contribution >= 0.6 is 0 Å². The molecule has 0 unspecified atom stereocenters. The van der Waals surface area contributed by atoms with Gasteiger partial charge in [0.25, 0.3) is 11.8 Å². The van der Waals surface area contributed by atoms with E-state index in [1.807, 2.05) is 53.4 Å². The van der Waals surface area contributed by atoms with Crippen LogP contribution in [0.4, 0.5) is 0 Å². The number of ether oxygens (including phenoxy) is 1. The van der Waals surface area contributed by atoms with Gasteiger partial charge in [0.1, 0.15) is 11.4 Å². The third-order valence-electron chi connectivity index (χ3n) is 4.70. The van der Waals surface area contributed by atoms with E-state index in [1.54, 1.807) is 30.3 Å². The van der Waals surface area contributed by atoms with Crippen molar-refractivity contribution in [3.05, 3.63) is 89.9 Å². The van der Waals surface area contributed by atoms with Crippen molar-refractivity contribution >= 4 is 17.9 Å². The van der Waals surface area contributed by atoms with E-state index in [9.17, 15) is 9.59 Å². The van der Waals surface area contributed by atoms with Crippen LogP contribution in [0.15, 0.2) is 78.8 Å². The molecule has 0 saturated carbocycles. The van der Waals surface area contributed by atoms with E-state index in [-0.39, 0.29) is 18.8 Å². The summed E-state index contributed by atoms with van der Waals surface area (Å²) in [5.41, 5.74) is 2.21. The van der Waals surface area contributed by atoms with Crippen LogP contribution in [0.1, 0.15) is 29.8 Å². The maximum atomic E-state index is 12.8. The number of rotatable bonds is 10. The van der Waals surface area contributed by atoms with Gasteiger partial charge >= 0.3 is 0 Å². The summed E-state index contributed by atoms with van der Waals surface area (Å²) in [5, 5.41) is 14.3. The zero-order chi connectivity index (χ0) is 23.6. The number of carbonyl (C=O) groups is 2. The molecule has 0 aliphatic carbocycles. The Bertz CT molecular complexity index is 1070. The van der Waals surface area contributed by atoms with E-state index < -0.39 is 11.8 Å². The van der Waals surface area contributed by atoms with Gasteiger partial charge in [0, 0.05) is 30.2 Å². The monoisotopic (exact) mass is 447 g/mol. The highest BCUT2D eigenvalue weighted by atomic mass is 16.5. The highest BCUT2D eigenvalue weighted by Crippen LogP contribution is 2.15. The molecule has 3 aromatic rings. The van der Waals surface area contributed by atoms with Crippen molar-refractivity contribution in [2.24, 2.45) is 5.92 Å². The van der Waals surface area contributed by atoms with Crippen molar-refractivity contribution in [2.45, 2.75) is 13.8 Å². The summed E-state index contributed by atoms with van der Waals surface area (Å²) in [6, 6.07) is 18.2. The molecule has 33 heavy (non-hydrogen) atoms. The molecule has 0 saturated heterocycles. The molecule has 7 nitrogen and oxygen atoms in total. The number of benzene rings is 2. The van der Waals surface area contributed by atoms with E-state index in [0.717, 1.165) is 11.3 Å². The Hall–Kier alpha value is -3.84. The molecular formula is C26H29N3O4. The molecule has 7 heteroatoms. The summed E-state index contributed by atoms with van der Waals surface area (Å²) < 4.78 is 7.62.